The van der Waals surface area contributed by atoms with E-state index in [4.69, 9.17) is 0 Å². The molecule has 3 rings (SSSR count). The summed E-state index contributed by atoms with van der Waals surface area (Å²) in [6.07, 6.45) is 1.70. The van der Waals surface area contributed by atoms with E-state index in [1.165, 1.54) is 5.69 Å². The maximum absolute atomic E-state index is 12.7. The van der Waals surface area contributed by atoms with Gasteiger partial charge in [-0.2, -0.15) is 5.26 Å². The van der Waals surface area contributed by atoms with Crippen LogP contribution in [0, 0.1) is 18.3 Å². The van der Waals surface area contributed by atoms with Gasteiger partial charge in [0.2, 0.25) is 0 Å². The topological polar surface area (TPSA) is 47.3 Å². The van der Waals surface area contributed by atoms with E-state index >= 15 is 0 Å². The molecular weight excluding hydrogens is 310 g/mol. The Labute approximate surface area is 148 Å². The number of para-hydroxylation sites is 1. The van der Waals surface area contributed by atoms with Crippen LogP contribution in [0.25, 0.3) is 6.08 Å². The maximum atomic E-state index is 12.7. The first kappa shape index (κ1) is 16.8. The van der Waals surface area contributed by atoms with Crippen LogP contribution in [0.3, 0.4) is 0 Å². The van der Waals surface area contributed by atoms with E-state index in [0.717, 1.165) is 24.2 Å². The van der Waals surface area contributed by atoms with Crippen molar-refractivity contribution in [2.75, 3.05) is 31.1 Å². The Hall–Kier alpha value is -3.06. The number of piperazine rings is 1. The van der Waals surface area contributed by atoms with Crippen molar-refractivity contribution in [3.8, 4) is 6.07 Å². The van der Waals surface area contributed by atoms with E-state index < -0.39 is 0 Å². The molecular formula is C21H21N3O. The van der Waals surface area contributed by atoms with E-state index in [9.17, 15) is 10.1 Å². The lowest BCUT2D eigenvalue weighted by Gasteiger charge is -2.36. The van der Waals surface area contributed by atoms with Gasteiger partial charge >= 0.3 is 0 Å². The molecule has 25 heavy (non-hydrogen) atoms. The largest absolute Gasteiger partial charge is 0.368 e. The molecule has 4 heteroatoms. The summed E-state index contributed by atoms with van der Waals surface area (Å²) >= 11 is 0. The van der Waals surface area contributed by atoms with E-state index in [0.29, 0.717) is 13.1 Å². The average Bonchev–Trinajstić information content (AvgIpc) is 2.68. The molecule has 0 N–H and O–H groups in total. The first-order valence-electron chi connectivity index (χ1n) is 8.46. The molecule has 0 unspecified atom stereocenters. The fourth-order valence-electron chi connectivity index (χ4n) is 3.02. The van der Waals surface area contributed by atoms with Crippen LogP contribution in [-0.4, -0.2) is 37.0 Å². The van der Waals surface area contributed by atoms with E-state index in [-0.39, 0.29) is 11.5 Å². The molecule has 0 saturated carbocycles. The minimum atomic E-state index is -0.182. The number of carbonyl (C=O) groups is 1. The molecule has 0 spiro atoms. The number of benzene rings is 2. The van der Waals surface area contributed by atoms with E-state index in [1.54, 1.807) is 11.0 Å². The lowest BCUT2D eigenvalue weighted by molar-refractivity contribution is -0.126. The molecule has 0 radical (unpaired) electrons. The third kappa shape index (κ3) is 3.89. The smallest absolute Gasteiger partial charge is 0.264 e. The third-order valence-electron chi connectivity index (χ3n) is 4.53. The fourth-order valence-corrected chi connectivity index (χ4v) is 3.02. The van der Waals surface area contributed by atoms with Gasteiger partial charge in [-0.15, -0.1) is 0 Å². The molecule has 1 aliphatic rings. The summed E-state index contributed by atoms with van der Waals surface area (Å²) in [5.74, 6) is -0.182. The highest BCUT2D eigenvalue weighted by Crippen LogP contribution is 2.18. The van der Waals surface area contributed by atoms with Crippen LogP contribution in [-0.2, 0) is 4.79 Å². The van der Waals surface area contributed by atoms with Gasteiger partial charge in [0.25, 0.3) is 5.91 Å². The van der Waals surface area contributed by atoms with Gasteiger partial charge in [0.15, 0.2) is 0 Å². The summed E-state index contributed by atoms with van der Waals surface area (Å²) in [6.45, 7) is 4.78. The number of nitrogens with zero attached hydrogens (tertiary/aromatic N) is 3. The quantitative estimate of drug-likeness (QED) is 0.641. The van der Waals surface area contributed by atoms with Gasteiger partial charge in [0.1, 0.15) is 11.6 Å². The summed E-state index contributed by atoms with van der Waals surface area (Å²) in [5.41, 5.74) is 3.33. The van der Waals surface area contributed by atoms with Crippen LogP contribution in [0.1, 0.15) is 11.1 Å². The molecule has 1 saturated heterocycles. The lowest BCUT2D eigenvalue weighted by atomic mass is 10.1. The normalized spacial score (nSPS) is 15.0. The fraction of sp³-hybridized carbons (Fsp3) is 0.238. The summed E-state index contributed by atoms with van der Waals surface area (Å²) in [7, 11) is 0. The van der Waals surface area contributed by atoms with Crippen molar-refractivity contribution in [1.29, 1.82) is 5.26 Å². The molecule has 2 aromatic carbocycles. The monoisotopic (exact) mass is 331 g/mol. The predicted octanol–water partition coefficient (Wildman–Crippen LogP) is 3.25. The van der Waals surface area contributed by atoms with Gasteiger partial charge in [-0.05, 0) is 36.3 Å². The minimum absolute atomic E-state index is 0.182. The second-order valence-corrected chi connectivity index (χ2v) is 6.14. The molecule has 1 amide bonds. The van der Waals surface area contributed by atoms with Crippen LogP contribution >= 0.6 is 0 Å². The van der Waals surface area contributed by atoms with E-state index in [2.05, 4.69) is 23.1 Å². The lowest BCUT2D eigenvalue weighted by Crippen LogP contribution is -2.49. The Bertz CT molecular complexity index is 813. The summed E-state index contributed by atoms with van der Waals surface area (Å²) < 4.78 is 0. The predicted molar refractivity (Wildman–Crippen MR) is 100 cm³/mol. The summed E-state index contributed by atoms with van der Waals surface area (Å²) in [5, 5.41) is 9.43. The number of aryl methyl sites for hydroxylation is 1. The number of hydrogen-bond donors (Lipinski definition) is 0. The summed E-state index contributed by atoms with van der Waals surface area (Å²) in [4.78, 5) is 16.7. The zero-order valence-corrected chi connectivity index (χ0v) is 14.4. The van der Waals surface area contributed by atoms with Gasteiger partial charge in [-0.1, -0.05) is 42.5 Å². The molecule has 2 aromatic rings. The molecule has 0 aromatic heterocycles. The molecule has 0 atom stereocenters. The Morgan fingerprint density at radius 1 is 1.00 bits per heavy atom. The van der Waals surface area contributed by atoms with Crippen molar-refractivity contribution < 1.29 is 4.79 Å². The molecule has 0 bridgehead atoms. The number of carbonyl (C=O) groups excluding carboxylic acids is 1. The zero-order chi connectivity index (χ0) is 17.6. The van der Waals surface area contributed by atoms with Crippen molar-refractivity contribution >= 4 is 17.7 Å². The Balaban J connectivity index is 1.69. The van der Waals surface area contributed by atoms with Crippen LogP contribution in [0.2, 0.25) is 0 Å². The Morgan fingerprint density at radius 2 is 1.64 bits per heavy atom. The van der Waals surface area contributed by atoms with Crippen molar-refractivity contribution in [3.05, 3.63) is 71.3 Å². The Kier molecular flexibility index (Phi) is 5.15. The first-order chi connectivity index (χ1) is 12.2. The average molecular weight is 331 g/mol. The van der Waals surface area contributed by atoms with Gasteiger partial charge in [-0.25, -0.2) is 0 Å². The van der Waals surface area contributed by atoms with Crippen molar-refractivity contribution in [3.63, 3.8) is 0 Å². The summed E-state index contributed by atoms with van der Waals surface area (Å²) in [6, 6.07) is 20.0. The first-order valence-corrected chi connectivity index (χ1v) is 8.46. The third-order valence-corrected chi connectivity index (χ3v) is 4.53. The molecule has 1 aliphatic heterocycles. The number of amides is 1. The maximum Gasteiger partial charge on any atom is 0.264 e. The number of rotatable bonds is 3. The van der Waals surface area contributed by atoms with Crippen LogP contribution in [0.15, 0.2) is 60.2 Å². The van der Waals surface area contributed by atoms with Gasteiger partial charge < -0.3 is 9.80 Å². The van der Waals surface area contributed by atoms with Gasteiger partial charge in [0, 0.05) is 31.9 Å². The minimum Gasteiger partial charge on any atom is -0.368 e. The second-order valence-electron chi connectivity index (χ2n) is 6.14. The van der Waals surface area contributed by atoms with Crippen molar-refractivity contribution in [1.82, 2.24) is 4.90 Å². The van der Waals surface area contributed by atoms with Crippen molar-refractivity contribution in [2.24, 2.45) is 0 Å². The number of hydrogen-bond acceptors (Lipinski definition) is 3. The highest BCUT2D eigenvalue weighted by atomic mass is 16.2. The molecule has 1 heterocycles. The molecule has 1 fully saturated rings. The molecule has 126 valence electrons. The number of anilines is 1. The molecule has 4 nitrogen and oxygen atoms in total. The highest BCUT2D eigenvalue weighted by Gasteiger charge is 2.23. The van der Waals surface area contributed by atoms with Crippen LogP contribution in [0.5, 0.6) is 0 Å². The second kappa shape index (κ2) is 7.67. The van der Waals surface area contributed by atoms with Crippen LogP contribution in [0.4, 0.5) is 5.69 Å². The van der Waals surface area contributed by atoms with E-state index in [1.807, 2.05) is 49.4 Å². The number of nitriles is 1. The SMILES string of the molecule is Cc1ccccc1/C=C(/C#N)C(=O)N1CCN(c2ccccc2)CC1. The van der Waals surface area contributed by atoms with Crippen molar-refractivity contribution in [2.45, 2.75) is 6.92 Å². The van der Waals surface area contributed by atoms with Gasteiger partial charge in [-0.3, -0.25) is 4.79 Å². The Morgan fingerprint density at radius 3 is 2.28 bits per heavy atom. The van der Waals surface area contributed by atoms with Gasteiger partial charge in [0.05, 0.1) is 0 Å². The highest BCUT2D eigenvalue weighted by molar-refractivity contribution is 6.02. The molecule has 0 aliphatic carbocycles. The van der Waals surface area contributed by atoms with Crippen LogP contribution < -0.4 is 4.90 Å². The standard InChI is InChI=1S/C21H21N3O/c1-17-7-5-6-8-18(17)15-19(16-22)21(25)24-13-11-23(12-14-24)20-9-3-2-4-10-20/h2-10,15H,11-14H2,1H3/b19-15-. The zero-order valence-electron chi connectivity index (χ0n) is 14.4.